The predicted octanol–water partition coefficient (Wildman–Crippen LogP) is 3.70. The number of halogens is 1. The van der Waals surface area contributed by atoms with Crippen LogP contribution in [0.3, 0.4) is 0 Å². The van der Waals surface area contributed by atoms with Crippen molar-refractivity contribution in [1.82, 2.24) is 4.31 Å². The van der Waals surface area contributed by atoms with Crippen molar-refractivity contribution in [3.8, 4) is 0 Å². The third-order valence-corrected chi connectivity index (χ3v) is 6.66. The Hall–Kier alpha value is -2.32. The molecule has 1 saturated carbocycles. The van der Waals surface area contributed by atoms with Gasteiger partial charge in [0.25, 0.3) is 5.69 Å². The third-order valence-electron chi connectivity index (χ3n) is 4.64. The maximum Gasteiger partial charge on any atom is 0.271 e. The van der Waals surface area contributed by atoms with Crippen molar-refractivity contribution in [2.24, 2.45) is 0 Å². The van der Waals surface area contributed by atoms with E-state index in [0.717, 1.165) is 6.07 Å². The molecule has 1 fully saturated rings. The minimum atomic E-state index is -4.00. The quantitative estimate of drug-likeness (QED) is 0.567. The summed E-state index contributed by atoms with van der Waals surface area (Å²) in [7, 11) is -4.00. The zero-order valence-corrected chi connectivity index (χ0v) is 15.3. The summed E-state index contributed by atoms with van der Waals surface area (Å²) in [5, 5.41) is 11.1. The van der Waals surface area contributed by atoms with E-state index in [-0.39, 0.29) is 28.7 Å². The number of nitro benzene ring substituents is 1. The van der Waals surface area contributed by atoms with E-state index < -0.39 is 20.8 Å². The van der Waals surface area contributed by atoms with E-state index in [1.807, 2.05) is 0 Å². The van der Waals surface area contributed by atoms with Gasteiger partial charge in [0, 0.05) is 30.3 Å². The van der Waals surface area contributed by atoms with Crippen molar-refractivity contribution in [2.45, 2.75) is 44.2 Å². The number of hydrogen-bond donors (Lipinski definition) is 0. The highest BCUT2D eigenvalue weighted by Gasteiger charge is 2.39. The Bertz CT molecular complexity index is 971. The summed E-state index contributed by atoms with van der Waals surface area (Å²) in [6.07, 6.45) is 1.39. The Morgan fingerprint density at radius 1 is 1.23 bits per heavy atom. The van der Waals surface area contributed by atoms with Crippen LogP contribution in [-0.2, 0) is 16.6 Å². The molecule has 0 spiro atoms. The molecule has 138 valence electrons. The van der Waals surface area contributed by atoms with Gasteiger partial charge in [-0.2, -0.15) is 4.31 Å². The molecule has 0 atom stereocenters. The summed E-state index contributed by atoms with van der Waals surface area (Å²) < 4.78 is 41.8. The number of benzene rings is 2. The maximum absolute atomic E-state index is 14.0. The molecule has 0 unspecified atom stereocenters. The van der Waals surface area contributed by atoms with Gasteiger partial charge in [0.05, 0.1) is 9.82 Å². The van der Waals surface area contributed by atoms with Crippen LogP contribution in [0.5, 0.6) is 0 Å². The zero-order chi connectivity index (χ0) is 19.1. The minimum Gasteiger partial charge on any atom is -0.258 e. The van der Waals surface area contributed by atoms with Crippen molar-refractivity contribution in [1.29, 1.82) is 0 Å². The van der Waals surface area contributed by atoms with Gasteiger partial charge in [-0.25, -0.2) is 12.8 Å². The number of rotatable bonds is 6. The Morgan fingerprint density at radius 3 is 2.46 bits per heavy atom. The highest BCUT2D eigenvalue weighted by Crippen LogP contribution is 2.36. The fraction of sp³-hybridized carbons (Fsp3) is 0.333. The molecule has 3 rings (SSSR count). The highest BCUT2D eigenvalue weighted by molar-refractivity contribution is 7.89. The minimum absolute atomic E-state index is 0.0903. The average molecular weight is 378 g/mol. The summed E-state index contributed by atoms with van der Waals surface area (Å²) in [4.78, 5) is 10.4. The number of nitrogens with zero attached hydrogens (tertiary/aromatic N) is 2. The fourth-order valence-electron chi connectivity index (χ4n) is 2.88. The molecule has 0 heterocycles. The second kappa shape index (κ2) is 6.77. The fourth-order valence-corrected chi connectivity index (χ4v) is 4.86. The first-order chi connectivity index (χ1) is 12.2. The molecule has 6 nitrogen and oxygen atoms in total. The molecule has 2 aromatic carbocycles. The van der Waals surface area contributed by atoms with Crippen LogP contribution in [0.25, 0.3) is 0 Å². The topological polar surface area (TPSA) is 80.5 Å². The first-order valence-corrected chi connectivity index (χ1v) is 9.66. The lowest BCUT2D eigenvalue weighted by Crippen LogP contribution is -2.33. The van der Waals surface area contributed by atoms with Crippen LogP contribution in [-0.4, -0.2) is 23.7 Å². The smallest absolute Gasteiger partial charge is 0.258 e. The molecule has 0 amide bonds. The standard InChI is InChI=1S/C18H19FN2O4S/c1-12-9-16(21(22)23)10-18(13(12)2)26(24,25)20(15-7-8-15)11-14-5-3-4-6-17(14)19/h3-6,9-10,15H,7-8,11H2,1-2H3. The normalized spacial score (nSPS) is 14.6. The molecule has 0 N–H and O–H groups in total. The third kappa shape index (κ3) is 3.47. The number of sulfonamides is 1. The van der Waals surface area contributed by atoms with E-state index in [1.165, 1.54) is 16.4 Å². The second-order valence-corrected chi connectivity index (χ2v) is 8.37. The van der Waals surface area contributed by atoms with Gasteiger partial charge in [-0.3, -0.25) is 10.1 Å². The van der Waals surface area contributed by atoms with Gasteiger partial charge < -0.3 is 0 Å². The molecule has 2 aromatic rings. The molecule has 1 aliphatic rings. The number of hydrogen-bond acceptors (Lipinski definition) is 4. The van der Waals surface area contributed by atoms with Crippen LogP contribution in [0, 0.1) is 29.8 Å². The lowest BCUT2D eigenvalue weighted by atomic mass is 10.1. The van der Waals surface area contributed by atoms with Crippen molar-refractivity contribution in [3.05, 3.63) is 69.0 Å². The van der Waals surface area contributed by atoms with Crippen molar-refractivity contribution in [2.75, 3.05) is 0 Å². The zero-order valence-electron chi connectivity index (χ0n) is 14.5. The number of aryl methyl sites for hydroxylation is 1. The van der Waals surface area contributed by atoms with Crippen LogP contribution in [0.2, 0.25) is 0 Å². The van der Waals surface area contributed by atoms with Gasteiger partial charge in [0.15, 0.2) is 0 Å². The Morgan fingerprint density at radius 2 is 1.88 bits per heavy atom. The Kier molecular flexibility index (Phi) is 4.81. The maximum atomic E-state index is 14.0. The molecule has 0 saturated heterocycles. The molecule has 0 aliphatic heterocycles. The van der Waals surface area contributed by atoms with Crippen molar-refractivity contribution < 1.29 is 17.7 Å². The molecule has 0 bridgehead atoms. The lowest BCUT2D eigenvalue weighted by Gasteiger charge is -2.23. The van der Waals surface area contributed by atoms with E-state index >= 15 is 0 Å². The monoisotopic (exact) mass is 378 g/mol. The van der Waals surface area contributed by atoms with E-state index in [9.17, 15) is 22.9 Å². The lowest BCUT2D eigenvalue weighted by molar-refractivity contribution is -0.385. The molecule has 0 aromatic heterocycles. The summed E-state index contributed by atoms with van der Waals surface area (Å²) in [5.41, 5.74) is 1.00. The molecular formula is C18H19FN2O4S. The summed E-state index contributed by atoms with van der Waals surface area (Å²) >= 11 is 0. The molecular weight excluding hydrogens is 359 g/mol. The van der Waals surface area contributed by atoms with Crippen LogP contribution in [0.15, 0.2) is 41.3 Å². The first kappa shape index (κ1) is 18.5. The summed E-state index contributed by atoms with van der Waals surface area (Å²) in [5.74, 6) is -0.472. The van der Waals surface area contributed by atoms with E-state index in [0.29, 0.717) is 24.0 Å². The van der Waals surface area contributed by atoms with Gasteiger partial charge in [-0.1, -0.05) is 18.2 Å². The molecule has 8 heteroatoms. The van der Waals surface area contributed by atoms with E-state index in [2.05, 4.69) is 0 Å². The van der Waals surface area contributed by atoms with Gasteiger partial charge in [-0.15, -0.1) is 0 Å². The summed E-state index contributed by atoms with van der Waals surface area (Å²) in [6, 6.07) is 8.27. The molecule has 0 radical (unpaired) electrons. The van der Waals surface area contributed by atoms with E-state index in [1.54, 1.807) is 32.0 Å². The largest absolute Gasteiger partial charge is 0.271 e. The summed E-state index contributed by atoms with van der Waals surface area (Å²) in [6.45, 7) is 3.17. The Labute approximate surface area is 151 Å². The van der Waals surface area contributed by atoms with Gasteiger partial charge in [0.1, 0.15) is 5.82 Å². The number of nitro groups is 1. The van der Waals surface area contributed by atoms with Crippen LogP contribution in [0.1, 0.15) is 29.5 Å². The van der Waals surface area contributed by atoms with Gasteiger partial charge >= 0.3 is 0 Å². The SMILES string of the molecule is Cc1cc([N+](=O)[O-])cc(S(=O)(=O)N(Cc2ccccc2F)C2CC2)c1C. The van der Waals surface area contributed by atoms with Gasteiger partial charge in [0.2, 0.25) is 10.0 Å². The van der Waals surface area contributed by atoms with Crippen LogP contribution >= 0.6 is 0 Å². The van der Waals surface area contributed by atoms with Gasteiger partial charge in [-0.05, 0) is 43.9 Å². The number of non-ortho nitro benzene ring substituents is 1. The molecule has 1 aliphatic carbocycles. The Balaban J connectivity index is 2.07. The van der Waals surface area contributed by atoms with Crippen LogP contribution < -0.4 is 0 Å². The van der Waals surface area contributed by atoms with Crippen molar-refractivity contribution >= 4 is 15.7 Å². The van der Waals surface area contributed by atoms with Crippen LogP contribution in [0.4, 0.5) is 10.1 Å². The first-order valence-electron chi connectivity index (χ1n) is 8.22. The predicted molar refractivity (Wildman–Crippen MR) is 94.7 cm³/mol. The average Bonchev–Trinajstić information content (AvgIpc) is 3.40. The van der Waals surface area contributed by atoms with Crippen molar-refractivity contribution in [3.63, 3.8) is 0 Å². The second-order valence-electron chi connectivity index (χ2n) is 6.52. The molecule has 26 heavy (non-hydrogen) atoms. The highest BCUT2D eigenvalue weighted by atomic mass is 32.2. The van der Waals surface area contributed by atoms with E-state index in [4.69, 9.17) is 0 Å².